The summed E-state index contributed by atoms with van der Waals surface area (Å²) in [5.74, 6) is -0.479. The molecule has 1 saturated heterocycles. The van der Waals surface area contributed by atoms with Gasteiger partial charge in [-0.25, -0.2) is 21.1 Å². The SMILES string of the molecule is CC(C)CS(=O)(=O)C1CCN(S(=O)(=O)Cc2cccc(C(F)(F)F)c2)CC1. The lowest BCUT2D eigenvalue weighted by Gasteiger charge is -2.31. The van der Waals surface area contributed by atoms with Crippen molar-refractivity contribution in [1.29, 1.82) is 0 Å². The first-order valence-electron chi connectivity index (χ1n) is 8.67. The average molecular weight is 428 g/mol. The summed E-state index contributed by atoms with van der Waals surface area (Å²) in [6.45, 7) is 3.74. The minimum Gasteiger partial charge on any atom is -0.229 e. The van der Waals surface area contributed by atoms with Crippen LogP contribution < -0.4 is 0 Å². The molecule has 1 aliphatic heterocycles. The third kappa shape index (κ3) is 5.92. The zero-order chi connectivity index (χ0) is 20.5. The number of hydrogen-bond donors (Lipinski definition) is 0. The number of sulfone groups is 1. The van der Waals surface area contributed by atoms with Gasteiger partial charge >= 0.3 is 6.18 Å². The summed E-state index contributed by atoms with van der Waals surface area (Å²) in [4.78, 5) is 0. The Balaban J connectivity index is 2.05. The summed E-state index contributed by atoms with van der Waals surface area (Å²) in [5, 5.41) is -0.570. The van der Waals surface area contributed by atoms with Crippen LogP contribution in [0.1, 0.15) is 37.8 Å². The van der Waals surface area contributed by atoms with Crippen molar-refractivity contribution in [1.82, 2.24) is 4.31 Å². The first-order chi connectivity index (χ1) is 12.3. The molecule has 1 aromatic rings. The van der Waals surface area contributed by atoms with Gasteiger partial charge in [0.25, 0.3) is 0 Å². The molecule has 0 spiro atoms. The van der Waals surface area contributed by atoms with Crippen molar-refractivity contribution < 1.29 is 30.0 Å². The largest absolute Gasteiger partial charge is 0.416 e. The lowest BCUT2D eigenvalue weighted by atomic mass is 10.1. The fourth-order valence-corrected chi connectivity index (χ4v) is 6.89. The number of sulfonamides is 1. The van der Waals surface area contributed by atoms with Crippen LogP contribution >= 0.6 is 0 Å². The molecule has 0 N–H and O–H groups in total. The number of nitrogens with zero attached hydrogens (tertiary/aromatic N) is 1. The molecule has 1 aromatic carbocycles. The van der Waals surface area contributed by atoms with Crippen LogP contribution in [-0.2, 0) is 31.8 Å². The molecule has 5 nitrogen and oxygen atoms in total. The highest BCUT2D eigenvalue weighted by Crippen LogP contribution is 2.30. The molecule has 0 bridgehead atoms. The summed E-state index contributed by atoms with van der Waals surface area (Å²) in [5.41, 5.74) is -0.840. The van der Waals surface area contributed by atoms with E-state index in [1.54, 1.807) is 0 Å². The molecule has 0 unspecified atom stereocenters. The minimum absolute atomic E-state index is 0.00216. The molecular weight excluding hydrogens is 403 g/mol. The second-order valence-corrected chi connectivity index (χ2v) is 11.6. The summed E-state index contributed by atoms with van der Waals surface area (Å²) < 4.78 is 89.2. The maximum absolute atomic E-state index is 12.8. The quantitative estimate of drug-likeness (QED) is 0.700. The Hall–Kier alpha value is -1.13. The minimum atomic E-state index is -4.54. The van der Waals surface area contributed by atoms with Gasteiger partial charge in [-0.05, 0) is 30.4 Å². The second kappa shape index (κ2) is 8.08. The van der Waals surface area contributed by atoms with E-state index in [2.05, 4.69) is 0 Å². The highest BCUT2D eigenvalue weighted by Gasteiger charge is 2.35. The van der Waals surface area contributed by atoms with E-state index in [0.29, 0.717) is 0 Å². The lowest BCUT2D eigenvalue weighted by molar-refractivity contribution is -0.137. The van der Waals surface area contributed by atoms with E-state index in [9.17, 15) is 30.0 Å². The number of piperidine rings is 1. The van der Waals surface area contributed by atoms with Gasteiger partial charge < -0.3 is 0 Å². The number of rotatable bonds is 6. The predicted octanol–water partition coefficient (Wildman–Crippen LogP) is 3.07. The Bertz CT molecular complexity index is 856. The van der Waals surface area contributed by atoms with E-state index in [4.69, 9.17) is 0 Å². The fraction of sp³-hybridized carbons (Fsp3) is 0.647. The number of hydrogen-bond acceptors (Lipinski definition) is 4. The Morgan fingerprint density at radius 3 is 2.22 bits per heavy atom. The van der Waals surface area contributed by atoms with Gasteiger partial charge in [0, 0.05) is 13.1 Å². The van der Waals surface area contributed by atoms with E-state index in [0.717, 1.165) is 12.1 Å². The van der Waals surface area contributed by atoms with Crippen LogP contribution in [0.3, 0.4) is 0 Å². The van der Waals surface area contributed by atoms with Crippen LogP contribution in [0.15, 0.2) is 24.3 Å². The smallest absolute Gasteiger partial charge is 0.229 e. The van der Waals surface area contributed by atoms with Crippen LogP contribution in [-0.4, -0.2) is 45.2 Å². The molecule has 0 atom stereocenters. The topological polar surface area (TPSA) is 71.5 Å². The van der Waals surface area contributed by atoms with Gasteiger partial charge in [0.05, 0.1) is 22.3 Å². The highest BCUT2D eigenvalue weighted by molar-refractivity contribution is 7.92. The van der Waals surface area contributed by atoms with Gasteiger partial charge in [0.1, 0.15) is 0 Å². The van der Waals surface area contributed by atoms with Crippen LogP contribution in [0.2, 0.25) is 0 Å². The van der Waals surface area contributed by atoms with E-state index in [1.165, 1.54) is 16.4 Å². The average Bonchev–Trinajstić information content (AvgIpc) is 2.53. The van der Waals surface area contributed by atoms with Crippen LogP contribution in [0, 0.1) is 5.92 Å². The number of benzene rings is 1. The van der Waals surface area contributed by atoms with Gasteiger partial charge in [-0.3, -0.25) is 0 Å². The van der Waals surface area contributed by atoms with Gasteiger partial charge in [-0.2, -0.15) is 13.2 Å². The second-order valence-electron chi connectivity index (χ2n) is 7.28. The van der Waals surface area contributed by atoms with Crippen molar-refractivity contribution in [2.24, 2.45) is 5.92 Å². The molecule has 1 heterocycles. The van der Waals surface area contributed by atoms with Gasteiger partial charge in [0.15, 0.2) is 9.84 Å². The molecule has 0 aromatic heterocycles. The number of halogens is 3. The van der Waals surface area contributed by atoms with Gasteiger partial charge in [-0.15, -0.1) is 0 Å². The Kier molecular flexibility index (Phi) is 6.63. The van der Waals surface area contributed by atoms with E-state index < -0.39 is 42.6 Å². The van der Waals surface area contributed by atoms with Crippen molar-refractivity contribution >= 4 is 19.9 Å². The maximum atomic E-state index is 12.8. The molecule has 2 rings (SSSR count). The van der Waals surface area contributed by atoms with E-state index >= 15 is 0 Å². The molecule has 1 fully saturated rings. The monoisotopic (exact) mass is 427 g/mol. The molecule has 0 saturated carbocycles. The van der Waals surface area contributed by atoms with Gasteiger partial charge in [0.2, 0.25) is 10.0 Å². The third-order valence-corrected chi connectivity index (χ3v) is 8.94. The zero-order valence-corrected chi connectivity index (χ0v) is 16.9. The van der Waals surface area contributed by atoms with Crippen molar-refractivity contribution in [2.45, 2.75) is 43.9 Å². The van der Waals surface area contributed by atoms with Crippen LogP contribution in [0.4, 0.5) is 13.2 Å². The molecule has 10 heteroatoms. The standard InChI is InChI=1S/C17H24F3NO4S2/c1-13(2)11-26(22,23)16-6-8-21(9-7-16)27(24,25)12-14-4-3-5-15(10-14)17(18,19)20/h3-5,10,13,16H,6-9,11-12H2,1-2H3. The Morgan fingerprint density at radius 1 is 1.11 bits per heavy atom. The zero-order valence-electron chi connectivity index (χ0n) is 15.2. The normalized spacial score (nSPS) is 18.1. The third-order valence-electron chi connectivity index (χ3n) is 4.47. The first kappa shape index (κ1) is 22.2. The Labute approximate surface area is 158 Å². The fourth-order valence-electron chi connectivity index (χ4n) is 3.21. The highest BCUT2D eigenvalue weighted by atomic mass is 32.2. The number of alkyl halides is 3. The first-order valence-corrected chi connectivity index (χ1v) is 12.0. The summed E-state index contributed by atoms with van der Waals surface area (Å²) >= 11 is 0. The van der Waals surface area contributed by atoms with Crippen molar-refractivity contribution in [3.05, 3.63) is 35.4 Å². The molecule has 154 valence electrons. The summed E-state index contributed by atoms with van der Waals surface area (Å²) in [6.07, 6.45) is -4.13. The Morgan fingerprint density at radius 2 is 1.70 bits per heavy atom. The molecule has 0 radical (unpaired) electrons. The maximum Gasteiger partial charge on any atom is 0.416 e. The van der Waals surface area contributed by atoms with Gasteiger partial charge in [-0.1, -0.05) is 32.0 Å². The molecule has 0 amide bonds. The van der Waals surface area contributed by atoms with Crippen LogP contribution in [0.25, 0.3) is 0 Å². The summed E-state index contributed by atoms with van der Waals surface area (Å²) in [7, 11) is -7.10. The van der Waals surface area contributed by atoms with E-state index in [-0.39, 0.29) is 43.2 Å². The molecular formula is C17H24F3NO4S2. The molecule has 0 aliphatic carbocycles. The van der Waals surface area contributed by atoms with Crippen molar-refractivity contribution in [3.63, 3.8) is 0 Å². The van der Waals surface area contributed by atoms with Crippen molar-refractivity contribution in [3.8, 4) is 0 Å². The van der Waals surface area contributed by atoms with E-state index in [1.807, 2.05) is 13.8 Å². The summed E-state index contributed by atoms with van der Waals surface area (Å²) in [6, 6.07) is 4.24. The van der Waals surface area contributed by atoms with Crippen molar-refractivity contribution in [2.75, 3.05) is 18.8 Å². The molecule has 1 aliphatic rings. The lowest BCUT2D eigenvalue weighted by Crippen LogP contribution is -2.43. The predicted molar refractivity (Wildman–Crippen MR) is 97.3 cm³/mol. The van der Waals surface area contributed by atoms with Crippen LogP contribution in [0.5, 0.6) is 0 Å². The molecule has 27 heavy (non-hydrogen) atoms.